The van der Waals surface area contributed by atoms with Crippen LogP contribution in [0.25, 0.3) is 0 Å². The molecule has 1 aliphatic heterocycles. The molecule has 5 nitrogen and oxygen atoms in total. The number of hydrogen-bond acceptors (Lipinski definition) is 4. The first-order chi connectivity index (χ1) is 8.96. The monoisotopic (exact) mass is 289 g/mol. The van der Waals surface area contributed by atoms with Crippen LogP contribution in [0.4, 0.5) is 0 Å². The fourth-order valence-corrected chi connectivity index (χ4v) is 4.88. The average molecular weight is 289 g/mol. The summed E-state index contributed by atoms with van der Waals surface area (Å²) in [5.74, 6) is 0.172. The summed E-state index contributed by atoms with van der Waals surface area (Å²) in [5, 5.41) is 12.8. The molecule has 1 heterocycles. The van der Waals surface area contributed by atoms with E-state index < -0.39 is 15.9 Å². The number of carbonyl (C=O) groups is 1. The number of carbonyl (C=O) groups excluding carboxylic acids is 1. The van der Waals surface area contributed by atoms with Crippen molar-refractivity contribution in [3.05, 3.63) is 0 Å². The minimum Gasteiger partial charge on any atom is -0.391 e. The number of aliphatic hydroxyl groups is 1. The summed E-state index contributed by atoms with van der Waals surface area (Å²) in [6, 6.07) is -0.159. The SMILES string of the molecule is O=C(CC1CCS(=O)(=O)C1)NC1CCCCCC1O. The maximum Gasteiger partial charge on any atom is 0.220 e. The zero-order valence-electron chi connectivity index (χ0n) is 11.2. The molecule has 0 bridgehead atoms. The lowest BCUT2D eigenvalue weighted by Gasteiger charge is -2.22. The number of rotatable bonds is 3. The molecule has 0 radical (unpaired) electrons. The van der Waals surface area contributed by atoms with Crippen molar-refractivity contribution >= 4 is 15.7 Å². The Kier molecular flexibility index (Phi) is 4.84. The number of sulfone groups is 1. The molecule has 0 aromatic rings. The van der Waals surface area contributed by atoms with Crippen molar-refractivity contribution in [2.24, 2.45) is 5.92 Å². The standard InChI is InChI=1S/C13H23NO4S/c15-12-5-3-1-2-4-11(12)14-13(16)8-10-6-7-19(17,18)9-10/h10-12,15H,1-9H2,(H,14,16). The number of aliphatic hydroxyl groups excluding tert-OH is 1. The fraction of sp³-hybridized carbons (Fsp3) is 0.923. The number of nitrogens with one attached hydrogen (secondary N) is 1. The Morgan fingerprint density at radius 2 is 1.89 bits per heavy atom. The van der Waals surface area contributed by atoms with E-state index in [0.717, 1.165) is 32.1 Å². The van der Waals surface area contributed by atoms with Gasteiger partial charge in [0, 0.05) is 6.42 Å². The summed E-state index contributed by atoms with van der Waals surface area (Å²) in [5.41, 5.74) is 0. The second-order valence-corrected chi connectivity index (χ2v) is 8.08. The van der Waals surface area contributed by atoms with Gasteiger partial charge in [0.15, 0.2) is 9.84 Å². The van der Waals surface area contributed by atoms with E-state index in [1.165, 1.54) is 0 Å². The quantitative estimate of drug-likeness (QED) is 0.746. The lowest BCUT2D eigenvalue weighted by atomic mass is 10.0. The van der Waals surface area contributed by atoms with Crippen LogP contribution in [-0.4, -0.2) is 43.1 Å². The van der Waals surface area contributed by atoms with E-state index in [2.05, 4.69) is 5.32 Å². The smallest absolute Gasteiger partial charge is 0.220 e. The molecule has 2 fully saturated rings. The van der Waals surface area contributed by atoms with Crippen LogP contribution in [0.5, 0.6) is 0 Å². The summed E-state index contributed by atoms with van der Waals surface area (Å²) in [6.45, 7) is 0. The van der Waals surface area contributed by atoms with Crippen molar-refractivity contribution in [3.8, 4) is 0 Å². The van der Waals surface area contributed by atoms with E-state index >= 15 is 0 Å². The molecule has 0 aromatic carbocycles. The molecule has 1 amide bonds. The lowest BCUT2D eigenvalue weighted by Crippen LogP contribution is -2.43. The first-order valence-corrected chi connectivity index (χ1v) is 8.96. The molecular weight excluding hydrogens is 266 g/mol. The Morgan fingerprint density at radius 3 is 2.58 bits per heavy atom. The van der Waals surface area contributed by atoms with Crippen molar-refractivity contribution in [1.29, 1.82) is 0 Å². The van der Waals surface area contributed by atoms with Gasteiger partial charge in [-0.05, 0) is 25.2 Å². The Bertz CT molecular complexity index is 420. The largest absolute Gasteiger partial charge is 0.391 e. The van der Waals surface area contributed by atoms with Crippen LogP contribution < -0.4 is 5.32 Å². The van der Waals surface area contributed by atoms with E-state index in [1.54, 1.807) is 0 Å². The van der Waals surface area contributed by atoms with Crippen molar-refractivity contribution in [1.82, 2.24) is 5.32 Å². The Morgan fingerprint density at radius 1 is 1.16 bits per heavy atom. The van der Waals surface area contributed by atoms with Crippen LogP contribution in [0, 0.1) is 5.92 Å². The van der Waals surface area contributed by atoms with Gasteiger partial charge in [-0.1, -0.05) is 19.3 Å². The van der Waals surface area contributed by atoms with Crippen molar-refractivity contribution < 1.29 is 18.3 Å². The molecule has 3 unspecified atom stereocenters. The highest BCUT2D eigenvalue weighted by molar-refractivity contribution is 7.91. The van der Waals surface area contributed by atoms with Crippen LogP contribution >= 0.6 is 0 Å². The molecule has 2 aliphatic rings. The van der Waals surface area contributed by atoms with Gasteiger partial charge < -0.3 is 10.4 Å². The highest BCUT2D eigenvalue weighted by Crippen LogP contribution is 2.22. The highest BCUT2D eigenvalue weighted by atomic mass is 32.2. The van der Waals surface area contributed by atoms with E-state index in [-0.39, 0.29) is 35.8 Å². The maximum atomic E-state index is 11.9. The molecule has 1 saturated carbocycles. The van der Waals surface area contributed by atoms with Gasteiger partial charge in [-0.2, -0.15) is 0 Å². The normalized spacial score (nSPS) is 34.7. The summed E-state index contributed by atoms with van der Waals surface area (Å²) in [6.07, 6.45) is 5.08. The van der Waals surface area contributed by atoms with E-state index in [1.807, 2.05) is 0 Å². The molecule has 3 atom stereocenters. The molecule has 2 N–H and O–H groups in total. The zero-order valence-corrected chi connectivity index (χ0v) is 12.0. The summed E-state index contributed by atoms with van der Waals surface area (Å²) < 4.78 is 22.7. The van der Waals surface area contributed by atoms with Crippen molar-refractivity contribution in [2.75, 3.05) is 11.5 Å². The van der Waals surface area contributed by atoms with Gasteiger partial charge in [0.2, 0.25) is 5.91 Å². The minimum atomic E-state index is -2.92. The van der Waals surface area contributed by atoms with E-state index in [9.17, 15) is 18.3 Å². The molecule has 2 rings (SSSR count). The van der Waals surface area contributed by atoms with Gasteiger partial charge in [0.1, 0.15) is 0 Å². The van der Waals surface area contributed by atoms with Crippen LogP contribution in [0.3, 0.4) is 0 Å². The zero-order chi connectivity index (χ0) is 13.9. The third-order valence-corrected chi connectivity index (χ3v) is 5.96. The van der Waals surface area contributed by atoms with Gasteiger partial charge in [-0.15, -0.1) is 0 Å². The molecule has 0 aromatic heterocycles. The second-order valence-electron chi connectivity index (χ2n) is 5.85. The second kappa shape index (κ2) is 6.22. The molecule has 1 saturated heterocycles. The lowest BCUT2D eigenvalue weighted by molar-refractivity contribution is -0.123. The van der Waals surface area contributed by atoms with Gasteiger partial charge in [0.25, 0.3) is 0 Å². The van der Waals surface area contributed by atoms with E-state index in [4.69, 9.17) is 0 Å². The molecule has 19 heavy (non-hydrogen) atoms. The first kappa shape index (κ1) is 14.8. The molecule has 6 heteroatoms. The Hall–Kier alpha value is -0.620. The Balaban J connectivity index is 1.80. The molecule has 1 aliphatic carbocycles. The van der Waals surface area contributed by atoms with Crippen LogP contribution in [0.1, 0.15) is 44.9 Å². The molecule has 110 valence electrons. The fourth-order valence-electron chi connectivity index (χ4n) is 3.02. The number of amides is 1. The highest BCUT2D eigenvalue weighted by Gasteiger charge is 2.30. The third-order valence-electron chi connectivity index (χ3n) is 4.13. The molecule has 0 spiro atoms. The van der Waals surface area contributed by atoms with Crippen LogP contribution in [0.2, 0.25) is 0 Å². The van der Waals surface area contributed by atoms with Crippen molar-refractivity contribution in [3.63, 3.8) is 0 Å². The summed E-state index contributed by atoms with van der Waals surface area (Å²) in [7, 11) is -2.92. The van der Waals surface area contributed by atoms with Gasteiger partial charge in [-0.3, -0.25) is 4.79 Å². The van der Waals surface area contributed by atoms with Crippen LogP contribution in [0.15, 0.2) is 0 Å². The third kappa shape index (κ3) is 4.45. The number of hydrogen-bond donors (Lipinski definition) is 2. The summed E-state index contributed by atoms with van der Waals surface area (Å²) in [4.78, 5) is 11.9. The minimum absolute atomic E-state index is 0.0482. The van der Waals surface area contributed by atoms with Gasteiger partial charge in [0.05, 0.1) is 23.7 Å². The van der Waals surface area contributed by atoms with E-state index in [0.29, 0.717) is 6.42 Å². The average Bonchev–Trinajstić information content (AvgIpc) is 2.53. The summed E-state index contributed by atoms with van der Waals surface area (Å²) >= 11 is 0. The van der Waals surface area contributed by atoms with Crippen molar-refractivity contribution in [2.45, 2.75) is 57.1 Å². The maximum absolute atomic E-state index is 11.9. The predicted molar refractivity (Wildman–Crippen MR) is 72.4 cm³/mol. The first-order valence-electron chi connectivity index (χ1n) is 7.14. The molecular formula is C13H23NO4S. The van der Waals surface area contributed by atoms with Crippen LogP contribution in [-0.2, 0) is 14.6 Å². The predicted octanol–water partition coefficient (Wildman–Crippen LogP) is 0.621. The topological polar surface area (TPSA) is 83.5 Å². The van der Waals surface area contributed by atoms with Gasteiger partial charge >= 0.3 is 0 Å². The Labute approximate surface area is 114 Å². The van der Waals surface area contributed by atoms with Gasteiger partial charge in [-0.25, -0.2) is 8.42 Å².